The third kappa shape index (κ3) is 5.91. The maximum atomic E-state index is 2.77. The molecule has 2 heterocycles. The van der Waals surface area contributed by atoms with Crippen LogP contribution in [0.1, 0.15) is 93.3 Å². The van der Waals surface area contributed by atoms with Crippen LogP contribution in [-0.2, 0) is 36.5 Å². The molecule has 0 unspecified atom stereocenters. The fraction of sp³-hybridized carbons (Fsp3) is 0.263. The maximum absolute atomic E-state index is 2.77. The van der Waals surface area contributed by atoms with Gasteiger partial charge in [0.05, 0.1) is 5.69 Å². The van der Waals surface area contributed by atoms with Crippen molar-refractivity contribution in [3.05, 3.63) is 172 Å². The summed E-state index contributed by atoms with van der Waals surface area (Å²) in [5.74, 6) is 0. The molecule has 3 heteroatoms. The quantitative estimate of drug-likeness (QED) is 0.164. The van der Waals surface area contributed by atoms with Gasteiger partial charge in [-0.1, -0.05) is 133 Å². The van der Waals surface area contributed by atoms with Crippen LogP contribution in [0.3, 0.4) is 0 Å². The summed E-state index contributed by atoms with van der Waals surface area (Å²) in [6, 6.07) is 51.6. The Bertz CT molecular complexity index is 2770. The summed E-state index contributed by atoms with van der Waals surface area (Å²) >= 11 is 0. The van der Waals surface area contributed by atoms with Gasteiger partial charge in [0.2, 0.25) is 0 Å². The predicted molar refractivity (Wildman–Crippen MR) is 258 cm³/mol. The summed E-state index contributed by atoms with van der Waals surface area (Å²) in [5, 5.41) is 0. The summed E-state index contributed by atoms with van der Waals surface area (Å²) in [4.78, 5) is 5.39. The van der Waals surface area contributed by atoms with E-state index in [0.717, 1.165) is 12.8 Å². The van der Waals surface area contributed by atoms with Gasteiger partial charge in [-0.2, -0.15) is 0 Å². The van der Waals surface area contributed by atoms with Crippen LogP contribution < -0.4 is 26.2 Å². The van der Waals surface area contributed by atoms with E-state index in [4.69, 9.17) is 0 Å². The second-order valence-corrected chi connectivity index (χ2v) is 20.1. The molecule has 0 amide bonds. The highest BCUT2D eigenvalue weighted by Crippen LogP contribution is 2.51. The molecule has 2 nitrogen and oxygen atoms in total. The Labute approximate surface area is 358 Å². The van der Waals surface area contributed by atoms with Crippen molar-refractivity contribution in [3.8, 4) is 22.3 Å². The molecule has 60 heavy (non-hydrogen) atoms. The van der Waals surface area contributed by atoms with Crippen molar-refractivity contribution in [1.29, 1.82) is 0 Å². The molecule has 0 N–H and O–H groups in total. The van der Waals surface area contributed by atoms with E-state index in [1.807, 2.05) is 0 Å². The molecule has 0 bridgehead atoms. The second-order valence-electron chi connectivity index (χ2n) is 20.1. The Hall–Kier alpha value is -5.80. The van der Waals surface area contributed by atoms with Crippen molar-refractivity contribution in [2.75, 3.05) is 9.80 Å². The van der Waals surface area contributed by atoms with Crippen LogP contribution in [0.5, 0.6) is 0 Å². The zero-order valence-corrected chi connectivity index (χ0v) is 36.4. The van der Waals surface area contributed by atoms with Crippen molar-refractivity contribution in [1.82, 2.24) is 0 Å². The first kappa shape index (κ1) is 37.2. The Morgan fingerprint density at radius 3 is 1.43 bits per heavy atom. The fourth-order valence-corrected chi connectivity index (χ4v) is 11.0. The number of hydrogen-bond donors (Lipinski definition) is 0. The fourth-order valence-electron chi connectivity index (χ4n) is 11.0. The number of benzene rings is 7. The number of anilines is 6. The van der Waals surface area contributed by atoms with Gasteiger partial charge < -0.3 is 9.80 Å². The number of nitrogens with zero attached hydrogens (tertiary/aromatic N) is 2. The van der Waals surface area contributed by atoms with E-state index in [1.54, 1.807) is 22.3 Å². The third-order valence-corrected chi connectivity index (χ3v) is 14.0. The summed E-state index contributed by atoms with van der Waals surface area (Å²) in [5.41, 5.74) is 27.4. The van der Waals surface area contributed by atoms with Crippen molar-refractivity contribution < 1.29 is 0 Å². The molecule has 2 aliphatic heterocycles. The molecule has 7 aromatic rings. The third-order valence-electron chi connectivity index (χ3n) is 14.0. The number of aryl methyl sites for hydroxylation is 3. The minimum Gasteiger partial charge on any atom is -0.311 e. The minimum atomic E-state index is -0.00805. The van der Waals surface area contributed by atoms with Crippen molar-refractivity contribution in [2.45, 2.75) is 97.8 Å². The Kier molecular flexibility index (Phi) is 8.45. The number of rotatable bonds is 4. The Morgan fingerprint density at radius 2 is 0.933 bits per heavy atom. The van der Waals surface area contributed by atoms with Crippen LogP contribution in [0.4, 0.5) is 34.1 Å². The Balaban J connectivity index is 1.25. The molecule has 0 spiro atoms. The van der Waals surface area contributed by atoms with E-state index in [0.29, 0.717) is 0 Å². The van der Waals surface area contributed by atoms with E-state index in [2.05, 4.69) is 192 Å². The molecule has 0 radical (unpaired) electrons. The van der Waals surface area contributed by atoms with Crippen LogP contribution in [0.15, 0.2) is 133 Å². The normalized spacial score (nSPS) is 15.1. The van der Waals surface area contributed by atoms with Crippen LogP contribution in [-0.4, -0.2) is 6.71 Å². The van der Waals surface area contributed by atoms with Gasteiger partial charge in [-0.05, 0) is 176 Å². The highest BCUT2D eigenvalue weighted by molar-refractivity contribution is 7.00. The Morgan fingerprint density at radius 1 is 0.450 bits per heavy atom. The van der Waals surface area contributed by atoms with Crippen molar-refractivity contribution in [3.63, 3.8) is 0 Å². The van der Waals surface area contributed by atoms with Gasteiger partial charge in [0.1, 0.15) is 0 Å². The zero-order chi connectivity index (χ0) is 41.1. The van der Waals surface area contributed by atoms with Gasteiger partial charge in [0, 0.05) is 28.4 Å². The van der Waals surface area contributed by atoms with Gasteiger partial charge in [-0.3, -0.25) is 0 Å². The second kappa shape index (κ2) is 13.6. The average molecular weight is 779 g/mol. The standard InChI is InChI=1S/C57H55BN2/c1-36-28-52-54-53(29-36)60(55-46-22-14-20-39(46)30-40-21-15-23-47(40)55)51-27-25-44(57(5,6)7)35-49(51)58(54)48-34-43(56(2,3)4)24-26-50(48)59(52)45-32-41(37-16-10-8-11-17-37)31-42(33-45)38-18-12-9-13-19-38/h8-13,16-19,24-35H,14-15,20-23H2,1-7H3. The summed E-state index contributed by atoms with van der Waals surface area (Å²) < 4.78 is 0. The molecular formula is C57H55BN2. The molecule has 0 fully saturated rings. The smallest absolute Gasteiger partial charge is 0.252 e. The number of hydrogen-bond acceptors (Lipinski definition) is 2. The van der Waals surface area contributed by atoms with Crippen LogP contribution in [0.25, 0.3) is 22.3 Å². The van der Waals surface area contributed by atoms with Crippen LogP contribution in [0, 0.1) is 6.92 Å². The lowest BCUT2D eigenvalue weighted by Crippen LogP contribution is -2.61. The van der Waals surface area contributed by atoms with Gasteiger partial charge in [-0.25, -0.2) is 0 Å². The van der Waals surface area contributed by atoms with Crippen molar-refractivity contribution >= 4 is 57.2 Å². The predicted octanol–water partition coefficient (Wildman–Crippen LogP) is 13.0. The van der Waals surface area contributed by atoms with Gasteiger partial charge in [0.25, 0.3) is 6.71 Å². The zero-order valence-electron chi connectivity index (χ0n) is 36.4. The first-order chi connectivity index (χ1) is 28.9. The SMILES string of the molecule is Cc1cc2c3c(c1)N(c1c4c(cc5c1CCC5)CCC4)c1ccc(C(C)(C)C)cc1B3c1cc(C(C)(C)C)ccc1N2c1cc(-c2ccccc2)cc(-c2ccccc2)c1. The van der Waals surface area contributed by atoms with E-state index in [1.165, 1.54) is 115 Å². The molecule has 296 valence electrons. The highest BCUT2D eigenvalue weighted by Gasteiger charge is 2.45. The van der Waals surface area contributed by atoms with E-state index >= 15 is 0 Å². The molecule has 0 aromatic heterocycles. The van der Waals surface area contributed by atoms with Gasteiger partial charge in [0.15, 0.2) is 0 Å². The summed E-state index contributed by atoms with van der Waals surface area (Å²) in [7, 11) is 0. The molecule has 7 aromatic carbocycles. The summed E-state index contributed by atoms with van der Waals surface area (Å²) in [6.07, 6.45) is 7.15. The van der Waals surface area contributed by atoms with Crippen molar-refractivity contribution in [2.24, 2.45) is 0 Å². The van der Waals surface area contributed by atoms with Gasteiger partial charge >= 0.3 is 0 Å². The monoisotopic (exact) mass is 778 g/mol. The molecule has 4 aliphatic rings. The largest absolute Gasteiger partial charge is 0.311 e. The summed E-state index contributed by atoms with van der Waals surface area (Å²) in [6.45, 7) is 16.6. The van der Waals surface area contributed by atoms with Crippen LogP contribution in [0.2, 0.25) is 0 Å². The lowest BCUT2D eigenvalue weighted by molar-refractivity contribution is 0.590. The van der Waals surface area contributed by atoms with E-state index in [9.17, 15) is 0 Å². The minimum absolute atomic E-state index is 0.00793. The average Bonchev–Trinajstić information content (AvgIpc) is 3.92. The van der Waals surface area contributed by atoms with E-state index in [-0.39, 0.29) is 17.5 Å². The molecule has 2 aliphatic carbocycles. The molecule has 0 saturated heterocycles. The highest BCUT2D eigenvalue weighted by atomic mass is 15.2. The van der Waals surface area contributed by atoms with Gasteiger partial charge in [-0.15, -0.1) is 0 Å². The first-order valence-electron chi connectivity index (χ1n) is 22.4. The maximum Gasteiger partial charge on any atom is 0.252 e. The molecule has 0 atom stereocenters. The van der Waals surface area contributed by atoms with Crippen LogP contribution >= 0.6 is 0 Å². The molecule has 11 rings (SSSR count). The lowest BCUT2D eigenvalue weighted by atomic mass is 9.33. The molecular weight excluding hydrogens is 723 g/mol. The topological polar surface area (TPSA) is 6.48 Å². The van der Waals surface area contributed by atoms with E-state index < -0.39 is 0 Å². The lowest BCUT2D eigenvalue weighted by Gasteiger charge is -2.46. The number of fused-ring (bicyclic) bond motifs is 6. The first-order valence-corrected chi connectivity index (χ1v) is 22.4. The molecule has 0 saturated carbocycles.